The van der Waals surface area contributed by atoms with E-state index in [9.17, 15) is 9.59 Å². The van der Waals surface area contributed by atoms with E-state index in [0.29, 0.717) is 34.0 Å². The Morgan fingerprint density at radius 3 is 2.73 bits per heavy atom. The van der Waals surface area contributed by atoms with Crippen molar-refractivity contribution in [2.24, 2.45) is 7.05 Å². The van der Waals surface area contributed by atoms with E-state index in [1.165, 1.54) is 4.68 Å². The molecule has 0 bridgehead atoms. The van der Waals surface area contributed by atoms with Gasteiger partial charge >= 0.3 is 0 Å². The van der Waals surface area contributed by atoms with Crippen molar-refractivity contribution in [2.45, 2.75) is 25.3 Å². The molecule has 1 amide bonds. The maximum atomic E-state index is 12.7. The molecule has 0 aliphatic heterocycles. The minimum atomic E-state index is -0.217. The maximum Gasteiger partial charge on any atom is 0.274 e. The quantitative estimate of drug-likeness (QED) is 0.549. The molecular formula is C21H19N7O2. The molecule has 1 fully saturated rings. The summed E-state index contributed by atoms with van der Waals surface area (Å²) in [6.07, 6.45) is 2.21. The van der Waals surface area contributed by atoms with Gasteiger partial charge in [0.25, 0.3) is 5.56 Å². The molecule has 1 aliphatic rings. The van der Waals surface area contributed by atoms with Crippen molar-refractivity contribution in [3.05, 3.63) is 64.6 Å². The summed E-state index contributed by atoms with van der Waals surface area (Å²) in [7, 11) is 1.59. The number of carbonyl (C=O) groups is 1. The van der Waals surface area contributed by atoms with Crippen LogP contribution in [0.4, 0.5) is 5.69 Å². The summed E-state index contributed by atoms with van der Waals surface area (Å²) in [5.74, 6) is 0.476. The Kier molecular flexibility index (Phi) is 4.35. The fourth-order valence-electron chi connectivity index (χ4n) is 3.55. The summed E-state index contributed by atoms with van der Waals surface area (Å²) in [5, 5.41) is 20.4. The van der Waals surface area contributed by atoms with Crippen LogP contribution < -0.4 is 10.9 Å². The molecule has 0 radical (unpaired) electrons. The molecule has 2 heterocycles. The second kappa shape index (κ2) is 7.18. The number of amides is 1. The van der Waals surface area contributed by atoms with Crippen LogP contribution in [-0.4, -0.2) is 35.9 Å². The van der Waals surface area contributed by atoms with Gasteiger partial charge in [-0.1, -0.05) is 30.3 Å². The second-order valence-electron chi connectivity index (χ2n) is 7.41. The summed E-state index contributed by atoms with van der Waals surface area (Å²) in [6, 6.07) is 15.0. The number of aryl methyl sites for hydroxylation is 1. The van der Waals surface area contributed by atoms with Crippen LogP contribution in [0.5, 0.6) is 0 Å². The lowest BCUT2D eigenvalue weighted by Gasteiger charge is -2.10. The first kappa shape index (κ1) is 18.2. The van der Waals surface area contributed by atoms with E-state index in [1.807, 2.05) is 41.1 Å². The molecule has 2 aromatic carbocycles. The van der Waals surface area contributed by atoms with Crippen LogP contribution in [0.15, 0.2) is 53.3 Å². The van der Waals surface area contributed by atoms with Crippen molar-refractivity contribution in [1.82, 2.24) is 30.0 Å². The van der Waals surface area contributed by atoms with Crippen LogP contribution in [0.25, 0.3) is 22.2 Å². The number of benzene rings is 2. The van der Waals surface area contributed by atoms with Gasteiger partial charge in [-0.2, -0.15) is 5.10 Å². The van der Waals surface area contributed by atoms with Gasteiger partial charge < -0.3 is 5.32 Å². The van der Waals surface area contributed by atoms with Gasteiger partial charge in [0.1, 0.15) is 0 Å². The summed E-state index contributed by atoms with van der Waals surface area (Å²) in [5.41, 5.74) is 1.86. The third-order valence-electron chi connectivity index (χ3n) is 5.15. The summed E-state index contributed by atoms with van der Waals surface area (Å²) in [6.45, 7) is 0. The first-order valence-corrected chi connectivity index (χ1v) is 9.73. The molecule has 0 atom stereocenters. The zero-order chi connectivity index (χ0) is 20.7. The van der Waals surface area contributed by atoms with Crippen molar-refractivity contribution in [3.63, 3.8) is 0 Å². The van der Waals surface area contributed by atoms with Crippen LogP contribution in [0.1, 0.15) is 24.6 Å². The molecule has 1 aliphatic carbocycles. The lowest BCUT2D eigenvalue weighted by atomic mass is 10.1. The predicted octanol–water partition coefficient (Wildman–Crippen LogP) is 2.10. The number of carbonyl (C=O) groups excluding carboxylic acids is 1. The third-order valence-corrected chi connectivity index (χ3v) is 5.15. The molecule has 2 aromatic heterocycles. The first-order chi connectivity index (χ1) is 14.6. The van der Waals surface area contributed by atoms with Crippen molar-refractivity contribution in [2.75, 3.05) is 5.32 Å². The standard InChI is InChI=1S/C21H19N7O2/c1-27-21(30)17-8-3-2-7-16(17)18(24-27)12-19(29)22-14-6-4-5-13(11-14)20-23-25-26-28(20)15-9-10-15/h2-8,11,15H,9-10,12H2,1H3,(H,22,29). The van der Waals surface area contributed by atoms with E-state index in [4.69, 9.17) is 0 Å². The van der Waals surface area contributed by atoms with Crippen LogP contribution in [0.2, 0.25) is 0 Å². The van der Waals surface area contributed by atoms with Gasteiger partial charge in [0, 0.05) is 23.7 Å². The SMILES string of the molecule is Cn1nc(CC(=O)Nc2cccc(-c3nnnn3C3CC3)c2)c2ccccc2c1=O. The van der Waals surface area contributed by atoms with Crippen molar-refractivity contribution in [3.8, 4) is 11.4 Å². The highest BCUT2D eigenvalue weighted by Crippen LogP contribution is 2.36. The van der Waals surface area contributed by atoms with E-state index in [2.05, 4.69) is 25.9 Å². The van der Waals surface area contributed by atoms with Crippen molar-refractivity contribution < 1.29 is 4.79 Å². The molecule has 150 valence electrons. The van der Waals surface area contributed by atoms with E-state index < -0.39 is 0 Å². The molecule has 0 saturated heterocycles. The van der Waals surface area contributed by atoms with Crippen LogP contribution in [0, 0.1) is 0 Å². The minimum absolute atomic E-state index is 0.0542. The largest absolute Gasteiger partial charge is 0.326 e. The van der Waals surface area contributed by atoms with Gasteiger partial charge in [0.2, 0.25) is 5.91 Å². The van der Waals surface area contributed by atoms with Gasteiger partial charge in [-0.25, -0.2) is 9.36 Å². The highest BCUT2D eigenvalue weighted by molar-refractivity contribution is 5.95. The van der Waals surface area contributed by atoms with E-state index in [1.54, 1.807) is 19.2 Å². The summed E-state index contributed by atoms with van der Waals surface area (Å²) >= 11 is 0. The Bertz CT molecular complexity index is 1320. The predicted molar refractivity (Wildman–Crippen MR) is 111 cm³/mol. The second-order valence-corrected chi connectivity index (χ2v) is 7.41. The molecule has 5 rings (SSSR count). The lowest BCUT2D eigenvalue weighted by Crippen LogP contribution is -2.24. The van der Waals surface area contributed by atoms with E-state index >= 15 is 0 Å². The molecule has 1 N–H and O–H groups in total. The molecule has 0 spiro atoms. The smallest absolute Gasteiger partial charge is 0.274 e. The van der Waals surface area contributed by atoms with Gasteiger partial charge in [-0.05, 0) is 41.5 Å². The number of aromatic nitrogens is 6. The van der Waals surface area contributed by atoms with Crippen molar-refractivity contribution in [1.29, 1.82) is 0 Å². The Hall–Kier alpha value is -3.88. The topological polar surface area (TPSA) is 108 Å². The Labute approximate surface area is 171 Å². The third kappa shape index (κ3) is 3.34. The van der Waals surface area contributed by atoms with Crippen LogP contribution in [-0.2, 0) is 18.3 Å². The minimum Gasteiger partial charge on any atom is -0.326 e. The van der Waals surface area contributed by atoms with Gasteiger partial charge in [0.05, 0.1) is 23.5 Å². The average molecular weight is 401 g/mol. The highest BCUT2D eigenvalue weighted by Gasteiger charge is 2.28. The maximum absolute atomic E-state index is 12.7. The molecule has 1 saturated carbocycles. The Morgan fingerprint density at radius 1 is 1.13 bits per heavy atom. The number of nitrogens with zero attached hydrogens (tertiary/aromatic N) is 6. The first-order valence-electron chi connectivity index (χ1n) is 9.73. The molecule has 0 unspecified atom stereocenters. The summed E-state index contributed by atoms with van der Waals surface area (Å²) < 4.78 is 3.10. The van der Waals surface area contributed by atoms with Crippen LogP contribution in [0.3, 0.4) is 0 Å². The lowest BCUT2D eigenvalue weighted by molar-refractivity contribution is -0.115. The van der Waals surface area contributed by atoms with Crippen molar-refractivity contribution >= 4 is 22.4 Å². The average Bonchev–Trinajstić information content (AvgIpc) is 3.48. The van der Waals surface area contributed by atoms with E-state index in [0.717, 1.165) is 18.4 Å². The van der Waals surface area contributed by atoms with Gasteiger partial charge in [0.15, 0.2) is 5.82 Å². The molecule has 9 heteroatoms. The zero-order valence-corrected chi connectivity index (χ0v) is 16.3. The fraction of sp³-hybridized carbons (Fsp3) is 0.238. The fourth-order valence-corrected chi connectivity index (χ4v) is 3.55. The number of nitrogens with one attached hydrogen (secondary N) is 1. The van der Waals surface area contributed by atoms with Gasteiger partial charge in [-0.15, -0.1) is 5.10 Å². The number of rotatable bonds is 5. The number of hydrogen-bond donors (Lipinski definition) is 1. The Morgan fingerprint density at radius 2 is 1.93 bits per heavy atom. The normalized spacial score (nSPS) is 13.5. The van der Waals surface area contributed by atoms with E-state index in [-0.39, 0.29) is 17.9 Å². The number of hydrogen-bond acceptors (Lipinski definition) is 6. The molecule has 9 nitrogen and oxygen atoms in total. The molecule has 30 heavy (non-hydrogen) atoms. The zero-order valence-electron chi connectivity index (χ0n) is 16.3. The number of tetrazole rings is 1. The summed E-state index contributed by atoms with van der Waals surface area (Å²) in [4.78, 5) is 25.0. The number of fused-ring (bicyclic) bond motifs is 1. The number of anilines is 1. The Balaban J connectivity index is 1.39. The monoisotopic (exact) mass is 401 g/mol. The van der Waals surface area contributed by atoms with Crippen LogP contribution >= 0.6 is 0 Å². The highest BCUT2D eigenvalue weighted by atomic mass is 16.1. The molecule has 4 aromatic rings. The molecular weight excluding hydrogens is 382 g/mol. The van der Waals surface area contributed by atoms with Gasteiger partial charge in [-0.3, -0.25) is 9.59 Å².